The number of hydrogen-bond donors (Lipinski definition) is 2. The number of piperazine rings is 1. The zero-order valence-corrected chi connectivity index (χ0v) is 18.2. The topological polar surface area (TPSA) is 77.9 Å². The number of halogens is 1. The third kappa shape index (κ3) is 8.45. The molecule has 2 heterocycles. The van der Waals surface area contributed by atoms with Crippen LogP contribution in [0.4, 0.5) is 5.95 Å². The van der Waals surface area contributed by atoms with Gasteiger partial charge in [0.05, 0.1) is 6.61 Å². The van der Waals surface area contributed by atoms with Crippen molar-refractivity contribution in [2.45, 2.75) is 13.3 Å². The monoisotopic (exact) mass is 477 g/mol. The molecule has 1 aliphatic heterocycles. The van der Waals surface area contributed by atoms with Gasteiger partial charge in [-0.2, -0.15) is 0 Å². The Morgan fingerprint density at radius 3 is 2.58 bits per heavy atom. The molecule has 0 radical (unpaired) electrons. The number of nitrogens with zero attached hydrogens (tertiary/aromatic N) is 5. The molecule has 1 aliphatic rings. The molecule has 0 aromatic carbocycles. The third-order valence-corrected chi connectivity index (χ3v) is 4.05. The summed E-state index contributed by atoms with van der Waals surface area (Å²) in [6.07, 6.45) is 4.66. The Bertz CT molecular complexity index is 495. The molecule has 8 nitrogen and oxygen atoms in total. The predicted molar refractivity (Wildman–Crippen MR) is 117 cm³/mol. The van der Waals surface area contributed by atoms with Crippen LogP contribution >= 0.6 is 24.0 Å². The Morgan fingerprint density at radius 1 is 1.19 bits per heavy atom. The molecule has 0 bridgehead atoms. The normalized spacial score (nSPS) is 15.5. The van der Waals surface area contributed by atoms with Crippen molar-refractivity contribution >= 4 is 35.9 Å². The van der Waals surface area contributed by atoms with Gasteiger partial charge in [-0.3, -0.25) is 9.89 Å². The van der Waals surface area contributed by atoms with E-state index in [1.54, 1.807) is 19.5 Å². The lowest BCUT2D eigenvalue weighted by Crippen LogP contribution is -2.47. The van der Waals surface area contributed by atoms with Gasteiger partial charge in [0, 0.05) is 71.9 Å². The lowest BCUT2D eigenvalue weighted by Gasteiger charge is -2.34. The average Bonchev–Trinajstić information content (AvgIpc) is 2.66. The maximum atomic E-state index is 5.05. The van der Waals surface area contributed by atoms with E-state index < -0.39 is 0 Å². The van der Waals surface area contributed by atoms with E-state index in [0.29, 0.717) is 6.61 Å². The smallest absolute Gasteiger partial charge is 0.225 e. The lowest BCUT2D eigenvalue weighted by molar-refractivity contribution is 0.203. The van der Waals surface area contributed by atoms with E-state index in [1.165, 1.54) is 0 Å². The quantitative estimate of drug-likeness (QED) is 0.236. The molecule has 1 aromatic rings. The molecule has 1 aromatic heterocycles. The number of nitrogens with one attached hydrogen (secondary N) is 2. The van der Waals surface area contributed by atoms with Gasteiger partial charge >= 0.3 is 0 Å². The van der Waals surface area contributed by atoms with Crippen LogP contribution in [0, 0.1) is 0 Å². The summed E-state index contributed by atoms with van der Waals surface area (Å²) in [6.45, 7) is 10.3. The Morgan fingerprint density at radius 2 is 1.92 bits per heavy atom. The minimum absolute atomic E-state index is 0. The van der Waals surface area contributed by atoms with Gasteiger partial charge in [0.25, 0.3) is 0 Å². The van der Waals surface area contributed by atoms with Crippen molar-refractivity contribution in [3.8, 4) is 0 Å². The van der Waals surface area contributed by atoms with Gasteiger partial charge in [-0.05, 0) is 19.4 Å². The molecule has 148 valence electrons. The van der Waals surface area contributed by atoms with Crippen molar-refractivity contribution in [1.29, 1.82) is 0 Å². The van der Waals surface area contributed by atoms with Crippen molar-refractivity contribution in [3.63, 3.8) is 0 Å². The van der Waals surface area contributed by atoms with Crippen LogP contribution in [0.1, 0.15) is 13.3 Å². The minimum Gasteiger partial charge on any atom is -0.383 e. The molecular weight excluding hydrogens is 445 g/mol. The zero-order valence-electron chi connectivity index (χ0n) is 15.9. The number of aliphatic imine (C=N–C) groups is 1. The molecule has 2 rings (SSSR count). The van der Waals surface area contributed by atoms with Gasteiger partial charge in [0.15, 0.2) is 5.96 Å². The lowest BCUT2D eigenvalue weighted by atomic mass is 10.3. The van der Waals surface area contributed by atoms with Crippen LogP contribution in [0.3, 0.4) is 0 Å². The molecule has 2 N–H and O–H groups in total. The zero-order chi connectivity index (χ0) is 17.7. The van der Waals surface area contributed by atoms with E-state index in [4.69, 9.17) is 4.74 Å². The predicted octanol–water partition coefficient (Wildman–Crippen LogP) is 0.808. The number of aromatic nitrogens is 2. The molecule has 1 saturated heterocycles. The van der Waals surface area contributed by atoms with Gasteiger partial charge in [-0.15, -0.1) is 24.0 Å². The third-order valence-electron chi connectivity index (χ3n) is 4.05. The molecule has 0 spiro atoms. The van der Waals surface area contributed by atoms with E-state index in [1.807, 2.05) is 6.07 Å². The molecule has 9 heteroatoms. The summed E-state index contributed by atoms with van der Waals surface area (Å²) in [5.41, 5.74) is 0. The van der Waals surface area contributed by atoms with Crippen LogP contribution in [-0.2, 0) is 4.74 Å². The number of guanidine groups is 1. The molecule has 0 aliphatic carbocycles. The van der Waals surface area contributed by atoms with Gasteiger partial charge in [-0.25, -0.2) is 9.97 Å². The molecule has 1 fully saturated rings. The summed E-state index contributed by atoms with van der Waals surface area (Å²) in [7, 11) is 1.70. The maximum Gasteiger partial charge on any atom is 0.225 e. The van der Waals surface area contributed by atoms with Crippen LogP contribution in [0.25, 0.3) is 0 Å². The molecule has 0 atom stereocenters. The number of anilines is 1. The molecule has 26 heavy (non-hydrogen) atoms. The van der Waals surface area contributed by atoms with Gasteiger partial charge < -0.3 is 20.3 Å². The summed E-state index contributed by atoms with van der Waals surface area (Å²) >= 11 is 0. The van der Waals surface area contributed by atoms with Crippen LogP contribution < -0.4 is 15.5 Å². The number of hydrogen-bond acceptors (Lipinski definition) is 6. The van der Waals surface area contributed by atoms with Crippen molar-refractivity contribution < 1.29 is 4.74 Å². The highest BCUT2D eigenvalue weighted by Crippen LogP contribution is 2.09. The van der Waals surface area contributed by atoms with E-state index in [0.717, 1.165) is 70.7 Å². The van der Waals surface area contributed by atoms with Crippen molar-refractivity contribution in [1.82, 2.24) is 25.5 Å². The minimum atomic E-state index is 0. The van der Waals surface area contributed by atoms with E-state index in [-0.39, 0.29) is 24.0 Å². The SMILES string of the molecule is CCNC(=NCCCN1CCN(c2ncccn2)CC1)NCCOC.I. The number of rotatable bonds is 9. The molecule has 0 amide bonds. The number of methoxy groups -OCH3 is 1. The first-order chi connectivity index (χ1) is 12.3. The second-order valence-corrected chi connectivity index (χ2v) is 5.91. The highest BCUT2D eigenvalue weighted by molar-refractivity contribution is 14.0. The second-order valence-electron chi connectivity index (χ2n) is 5.91. The summed E-state index contributed by atoms with van der Waals surface area (Å²) in [5, 5.41) is 6.52. The van der Waals surface area contributed by atoms with Crippen LogP contribution in [0.2, 0.25) is 0 Å². The standard InChI is InChI=1S/C17H31N7O.HI/c1-3-18-16(20-9-15-25-2)19-8-5-10-23-11-13-24(14-12-23)17-21-6-4-7-22-17;/h4,6-7H,3,5,8-15H2,1-2H3,(H2,18,19,20);1H. The fourth-order valence-corrected chi connectivity index (χ4v) is 2.72. The van der Waals surface area contributed by atoms with Crippen molar-refractivity contribution in [2.75, 3.05) is 71.0 Å². The van der Waals surface area contributed by atoms with Gasteiger partial charge in [0.2, 0.25) is 5.95 Å². The Hall–Kier alpha value is -1.20. The largest absolute Gasteiger partial charge is 0.383 e. The van der Waals surface area contributed by atoms with Crippen molar-refractivity contribution in [2.24, 2.45) is 4.99 Å². The fraction of sp³-hybridized carbons (Fsp3) is 0.706. The Balaban J connectivity index is 0.00000338. The van der Waals surface area contributed by atoms with Gasteiger partial charge in [0.1, 0.15) is 0 Å². The van der Waals surface area contributed by atoms with Gasteiger partial charge in [-0.1, -0.05) is 0 Å². The molecular formula is C17H32IN7O. The van der Waals surface area contributed by atoms with E-state index >= 15 is 0 Å². The molecule has 0 saturated carbocycles. The van der Waals surface area contributed by atoms with Crippen LogP contribution in [-0.4, -0.2) is 86.9 Å². The highest BCUT2D eigenvalue weighted by Gasteiger charge is 2.17. The van der Waals surface area contributed by atoms with Crippen LogP contribution in [0.15, 0.2) is 23.5 Å². The molecule has 0 unspecified atom stereocenters. The summed E-state index contributed by atoms with van der Waals surface area (Å²) in [6, 6.07) is 1.85. The van der Waals surface area contributed by atoms with E-state index in [2.05, 4.69) is 42.3 Å². The van der Waals surface area contributed by atoms with E-state index in [9.17, 15) is 0 Å². The first-order valence-corrected chi connectivity index (χ1v) is 9.09. The highest BCUT2D eigenvalue weighted by atomic mass is 127. The average molecular weight is 477 g/mol. The first-order valence-electron chi connectivity index (χ1n) is 9.09. The van der Waals surface area contributed by atoms with Crippen LogP contribution in [0.5, 0.6) is 0 Å². The second kappa shape index (κ2) is 13.9. The Kier molecular flexibility index (Phi) is 12.2. The Labute approximate surface area is 173 Å². The maximum absolute atomic E-state index is 5.05. The number of ether oxygens (including phenoxy) is 1. The first kappa shape index (κ1) is 22.8. The summed E-state index contributed by atoms with van der Waals surface area (Å²) < 4.78 is 5.05. The fourth-order valence-electron chi connectivity index (χ4n) is 2.72. The van der Waals surface area contributed by atoms with Crippen molar-refractivity contribution in [3.05, 3.63) is 18.5 Å². The summed E-state index contributed by atoms with van der Waals surface area (Å²) in [4.78, 5) is 18.0. The summed E-state index contributed by atoms with van der Waals surface area (Å²) in [5.74, 6) is 1.70.